The van der Waals surface area contributed by atoms with Gasteiger partial charge in [-0.05, 0) is 42.2 Å². The van der Waals surface area contributed by atoms with Gasteiger partial charge in [-0.1, -0.05) is 84.6 Å². The van der Waals surface area contributed by atoms with Gasteiger partial charge in [-0.25, -0.2) is 0 Å². The van der Waals surface area contributed by atoms with Crippen LogP contribution in [0.25, 0.3) is 11.4 Å². The minimum absolute atomic E-state index is 0. The van der Waals surface area contributed by atoms with Gasteiger partial charge < -0.3 is 0 Å². The summed E-state index contributed by atoms with van der Waals surface area (Å²) in [6.07, 6.45) is 5.40. The van der Waals surface area contributed by atoms with Gasteiger partial charge in [0.1, 0.15) is 0 Å². The first kappa shape index (κ1) is 20.0. The van der Waals surface area contributed by atoms with Crippen molar-refractivity contribution in [1.82, 2.24) is 9.97 Å². The van der Waals surface area contributed by atoms with Crippen LogP contribution in [0.3, 0.4) is 0 Å². The largest absolute Gasteiger partial charge is 0.282 e. The molecule has 30 heavy (non-hydrogen) atoms. The van der Waals surface area contributed by atoms with Crippen LogP contribution in [0.2, 0.25) is 0 Å². The third-order valence-corrected chi connectivity index (χ3v) is 6.12. The maximum Gasteiger partial charge on any atom is 0.219 e. The van der Waals surface area contributed by atoms with E-state index >= 15 is 0 Å². The first-order valence-electron chi connectivity index (χ1n) is 9.97. The number of thioether (sulfide) groups is 1. The first-order valence-corrected chi connectivity index (χ1v) is 10.8. The Morgan fingerprint density at radius 1 is 0.800 bits per heavy atom. The molecule has 1 atom stereocenters. The number of aromatic nitrogens is 2. The van der Waals surface area contributed by atoms with E-state index in [4.69, 9.17) is 0 Å². The van der Waals surface area contributed by atoms with Crippen molar-refractivity contribution in [3.8, 4) is 11.4 Å². The summed E-state index contributed by atoms with van der Waals surface area (Å²) in [6.45, 7) is 0. The monoisotopic (exact) mass is 412 g/mol. The number of hydrogen-bond acceptors (Lipinski definition) is 4. The number of aryl methyl sites for hydroxylation is 1. The zero-order valence-corrected chi connectivity index (χ0v) is 17.3. The van der Waals surface area contributed by atoms with Crippen LogP contribution >= 0.6 is 11.8 Å². The summed E-state index contributed by atoms with van der Waals surface area (Å²) in [5.74, 6) is 0. The lowest BCUT2D eigenvalue weighted by atomic mass is 10.0. The molecule has 4 rings (SSSR count). The van der Waals surface area contributed by atoms with Gasteiger partial charge in [0.15, 0.2) is 0 Å². The number of carbonyl (C=O) groups excluding carboxylic acids is 1. The van der Waals surface area contributed by atoms with E-state index < -0.39 is 0 Å². The van der Waals surface area contributed by atoms with E-state index in [0.29, 0.717) is 0 Å². The Kier molecular flexibility index (Phi) is 6.68. The van der Waals surface area contributed by atoms with E-state index in [1.807, 2.05) is 79.0 Å². The molecule has 0 amide bonds. The van der Waals surface area contributed by atoms with Crippen LogP contribution in [0.1, 0.15) is 34.6 Å². The summed E-state index contributed by atoms with van der Waals surface area (Å²) in [5, 5.41) is 0.197. The van der Waals surface area contributed by atoms with E-state index in [0.717, 1.165) is 35.4 Å². The van der Waals surface area contributed by atoms with E-state index in [1.165, 1.54) is 17.3 Å². The lowest BCUT2D eigenvalue weighted by Gasteiger charge is -2.16. The van der Waals surface area contributed by atoms with Gasteiger partial charge >= 0.3 is 0 Å². The Morgan fingerprint density at radius 3 is 2.17 bits per heavy atom. The van der Waals surface area contributed by atoms with Gasteiger partial charge in [-0.2, -0.15) is 0 Å². The molecule has 0 bridgehead atoms. The van der Waals surface area contributed by atoms with Crippen molar-refractivity contribution < 1.29 is 6.22 Å². The SMILES string of the molecule is O=C(SC(CCc1ccc(-c2ccccn2)nc1)c1ccccc1)c1ccccc1.[HH]. The normalized spacial score (nSPS) is 11.7. The van der Waals surface area contributed by atoms with Crippen LogP contribution in [0, 0.1) is 0 Å². The van der Waals surface area contributed by atoms with Crippen molar-refractivity contribution in [3.05, 3.63) is 120 Å². The topological polar surface area (TPSA) is 42.9 Å². The van der Waals surface area contributed by atoms with Crippen LogP contribution in [0.15, 0.2) is 103 Å². The number of rotatable bonds is 7. The number of hydrogen-bond donors (Lipinski definition) is 0. The molecule has 2 heterocycles. The van der Waals surface area contributed by atoms with Crippen molar-refractivity contribution in [2.24, 2.45) is 0 Å². The molecule has 0 saturated heterocycles. The molecule has 0 spiro atoms. The predicted octanol–water partition coefficient (Wildman–Crippen LogP) is 6.64. The van der Waals surface area contributed by atoms with Crippen LogP contribution in [-0.2, 0) is 6.42 Å². The summed E-state index contributed by atoms with van der Waals surface area (Å²) in [7, 11) is 0. The molecule has 2 aromatic heterocycles. The first-order chi connectivity index (χ1) is 14.8. The minimum atomic E-state index is 0. The molecule has 3 nitrogen and oxygen atoms in total. The number of carbonyl (C=O) groups is 1. The molecule has 0 radical (unpaired) electrons. The zero-order valence-electron chi connectivity index (χ0n) is 16.5. The van der Waals surface area contributed by atoms with Crippen molar-refractivity contribution in [3.63, 3.8) is 0 Å². The van der Waals surface area contributed by atoms with E-state index in [1.54, 1.807) is 6.20 Å². The highest BCUT2D eigenvalue weighted by Gasteiger charge is 2.18. The van der Waals surface area contributed by atoms with Gasteiger partial charge in [0, 0.05) is 24.6 Å². The maximum atomic E-state index is 12.8. The quantitative estimate of drug-likeness (QED) is 0.341. The molecule has 150 valence electrons. The Hall–Kier alpha value is -3.24. The van der Waals surface area contributed by atoms with Gasteiger partial charge in [-0.3, -0.25) is 14.8 Å². The van der Waals surface area contributed by atoms with Crippen molar-refractivity contribution in [1.29, 1.82) is 0 Å². The van der Waals surface area contributed by atoms with Gasteiger partial charge in [0.2, 0.25) is 5.12 Å². The summed E-state index contributed by atoms with van der Waals surface area (Å²) in [5.41, 5.74) is 4.81. The van der Waals surface area contributed by atoms with Crippen LogP contribution in [0.4, 0.5) is 0 Å². The Bertz CT molecular complexity index is 1070. The summed E-state index contributed by atoms with van der Waals surface area (Å²) >= 11 is 1.40. The molecule has 4 heteroatoms. The Labute approximate surface area is 182 Å². The van der Waals surface area contributed by atoms with Crippen LogP contribution in [0.5, 0.6) is 0 Å². The summed E-state index contributed by atoms with van der Waals surface area (Å²) < 4.78 is 0. The second-order valence-corrected chi connectivity index (χ2v) is 8.15. The van der Waals surface area contributed by atoms with Gasteiger partial charge in [0.05, 0.1) is 11.4 Å². The van der Waals surface area contributed by atoms with Crippen molar-refractivity contribution >= 4 is 16.9 Å². The fraction of sp³-hybridized carbons (Fsp3) is 0.115. The molecule has 2 aromatic carbocycles. The lowest BCUT2D eigenvalue weighted by molar-refractivity contribution is 0.108. The predicted molar refractivity (Wildman–Crippen MR) is 125 cm³/mol. The highest BCUT2D eigenvalue weighted by Crippen LogP contribution is 2.35. The standard InChI is InChI=1S/C26H22N2OS.H2/c29-26(22-11-5-2-6-12-22)30-25(21-9-3-1-4-10-21)17-15-20-14-16-24(28-19-20)23-13-7-8-18-27-23;/h1-14,16,18-19,25H,15,17H2;1H. The average Bonchev–Trinajstić information content (AvgIpc) is 2.83. The Morgan fingerprint density at radius 2 is 1.50 bits per heavy atom. The second kappa shape index (κ2) is 9.99. The van der Waals surface area contributed by atoms with Gasteiger partial charge in [-0.15, -0.1) is 0 Å². The number of benzene rings is 2. The third kappa shape index (κ3) is 5.22. The third-order valence-electron chi connectivity index (χ3n) is 4.88. The molecular weight excluding hydrogens is 388 g/mol. The second-order valence-electron chi connectivity index (χ2n) is 6.98. The molecule has 0 fully saturated rings. The zero-order chi connectivity index (χ0) is 20.6. The number of pyridine rings is 2. The minimum Gasteiger partial charge on any atom is -0.282 e. The highest BCUT2D eigenvalue weighted by molar-refractivity contribution is 8.14. The van der Waals surface area contributed by atoms with Crippen LogP contribution < -0.4 is 0 Å². The lowest BCUT2D eigenvalue weighted by Crippen LogP contribution is -2.03. The van der Waals surface area contributed by atoms with E-state index in [-0.39, 0.29) is 11.8 Å². The smallest absolute Gasteiger partial charge is 0.219 e. The molecule has 0 aliphatic carbocycles. The van der Waals surface area contributed by atoms with E-state index in [2.05, 4.69) is 28.2 Å². The molecule has 0 aliphatic rings. The van der Waals surface area contributed by atoms with Gasteiger partial charge in [0.25, 0.3) is 0 Å². The number of nitrogens with zero attached hydrogens (tertiary/aromatic N) is 2. The molecule has 0 saturated carbocycles. The summed E-state index contributed by atoms with van der Waals surface area (Å²) in [4.78, 5) is 21.7. The fourth-order valence-electron chi connectivity index (χ4n) is 3.27. The highest BCUT2D eigenvalue weighted by atomic mass is 32.2. The molecule has 0 N–H and O–H groups in total. The maximum absolute atomic E-state index is 12.8. The van der Waals surface area contributed by atoms with Crippen molar-refractivity contribution in [2.45, 2.75) is 18.1 Å². The molecule has 0 aliphatic heterocycles. The van der Waals surface area contributed by atoms with Crippen LogP contribution in [-0.4, -0.2) is 15.1 Å². The van der Waals surface area contributed by atoms with Crippen molar-refractivity contribution in [2.75, 3.05) is 0 Å². The summed E-state index contributed by atoms with van der Waals surface area (Å²) in [6, 6.07) is 29.7. The average molecular weight is 413 g/mol. The molecule has 1 unspecified atom stereocenters. The fourth-order valence-corrected chi connectivity index (χ4v) is 4.33. The van der Waals surface area contributed by atoms with E-state index in [9.17, 15) is 4.79 Å². The Balaban J connectivity index is 0.00000272. The molecular formula is C26H24N2OS. The molecule has 4 aromatic rings.